The summed E-state index contributed by atoms with van der Waals surface area (Å²) in [5, 5.41) is 12.7. The van der Waals surface area contributed by atoms with Gasteiger partial charge >= 0.3 is 0 Å². The van der Waals surface area contributed by atoms with Crippen molar-refractivity contribution in [1.82, 2.24) is 34.3 Å². The van der Waals surface area contributed by atoms with E-state index in [0.717, 1.165) is 15.4 Å². The van der Waals surface area contributed by atoms with Gasteiger partial charge in [0.1, 0.15) is 5.69 Å². The number of rotatable bonds is 3. The van der Waals surface area contributed by atoms with E-state index >= 15 is 0 Å². The highest BCUT2D eigenvalue weighted by Gasteiger charge is 2.17. The van der Waals surface area contributed by atoms with Gasteiger partial charge in [-0.1, -0.05) is 12.1 Å². The molecule has 142 valence electrons. The van der Waals surface area contributed by atoms with Crippen LogP contribution in [0, 0.1) is 0 Å². The van der Waals surface area contributed by atoms with Crippen molar-refractivity contribution < 1.29 is 0 Å². The van der Waals surface area contributed by atoms with Gasteiger partial charge in [0.25, 0.3) is 5.56 Å². The minimum absolute atomic E-state index is 0.286. The van der Waals surface area contributed by atoms with E-state index in [-0.39, 0.29) is 5.69 Å². The molecule has 0 atom stereocenters. The first-order chi connectivity index (χ1) is 14.1. The van der Waals surface area contributed by atoms with E-state index in [1.807, 2.05) is 31.4 Å². The van der Waals surface area contributed by atoms with Gasteiger partial charge in [0.2, 0.25) is 5.95 Å². The molecule has 1 aromatic carbocycles. The molecule has 0 fully saturated rings. The summed E-state index contributed by atoms with van der Waals surface area (Å²) in [6, 6.07) is 10.8. The van der Waals surface area contributed by atoms with Gasteiger partial charge in [0.05, 0.1) is 17.3 Å². The minimum Gasteiger partial charge on any atom is -0.319 e. The first-order valence-electron chi connectivity index (χ1n) is 8.66. The number of halogens is 1. The van der Waals surface area contributed by atoms with Crippen LogP contribution in [0.1, 0.15) is 0 Å². The van der Waals surface area contributed by atoms with Gasteiger partial charge in [0.15, 0.2) is 11.5 Å². The summed E-state index contributed by atoms with van der Waals surface area (Å²) in [4.78, 5) is 25.5. The zero-order valence-electron chi connectivity index (χ0n) is 15.1. The monoisotopic (exact) mass is 448 g/mol. The topological polar surface area (TPSA) is 103 Å². The Morgan fingerprint density at radius 1 is 1.10 bits per heavy atom. The van der Waals surface area contributed by atoms with Crippen LogP contribution in [0.2, 0.25) is 0 Å². The number of hydrogen-bond donors (Lipinski definition) is 1. The van der Waals surface area contributed by atoms with E-state index in [2.05, 4.69) is 41.4 Å². The molecule has 5 aromatic rings. The molecule has 4 aromatic heterocycles. The number of anilines is 2. The van der Waals surface area contributed by atoms with Gasteiger partial charge in [-0.3, -0.25) is 9.48 Å². The van der Waals surface area contributed by atoms with Gasteiger partial charge in [0, 0.05) is 29.3 Å². The Hall–Kier alpha value is -3.66. The Balaban J connectivity index is 1.79. The summed E-state index contributed by atoms with van der Waals surface area (Å²) in [5.74, 6) is 0.863. The predicted molar refractivity (Wildman–Crippen MR) is 112 cm³/mol. The summed E-state index contributed by atoms with van der Waals surface area (Å²) in [6.07, 6.45) is 4.98. The van der Waals surface area contributed by atoms with Crippen molar-refractivity contribution >= 4 is 44.1 Å². The Morgan fingerprint density at radius 3 is 2.83 bits per heavy atom. The molecule has 0 bridgehead atoms. The zero-order chi connectivity index (χ0) is 20.0. The molecule has 5 rings (SSSR count). The number of nitrogens with one attached hydrogen (secondary N) is 1. The second kappa shape index (κ2) is 6.74. The van der Waals surface area contributed by atoms with Crippen molar-refractivity contribution in [1.29, 1.82) is 0 Å². The Bertz CT molecular complexity index is 1440. The van der Waals surface area contributed by atoms with E-state index in [1.54, 1.807) is 33.6 Å². The lowest BCUT2D eigenvalue weighted by Gasteiger charge is -2.08. The highest BCUT2D eigenvalue weighted by molar-refractivity contribution is 9.10. The summed E-state index contributed by atoms with van der Waals surface area (Å²) in [6.45, 7) is 0. The van der Waals surface area contributed by atoms with Crippen molar-refractivity contribution in [2.75, 3.05) is 5.32 Å². The van der Waals surface area contributed by atoms with Gasteiger partial charge < -0.3 is 5.32 Å². The molecule has 0 aliphatic heterocycles. The summed E-state index contributed by atoms with van der Waals surface area (Å²) in [5.41, 5.74) is 1.98. The molecule has 9 nitrogen and oxygen atoms in total. The second-order valence-electron chi connectivity index (χ2n) is 6.32. The zero-order valence-corrected chi connectivity index (χ0v) is 16.7. The third-order valence-electron chi connectivity index (χ3n) is 4.34. The van der Waals surface area contributed by atoms with E-state index in [4.69, 9.17) is 4.98 Å². The van der Waals surface area contributed by atoms with Crippen LogP contribution in [-0.2, 0) is 7.05 Å². The summed E-state index contributed by atoms with van der Waals surface area (Å²) >= 11 is 3.54. The number of nitrogens with zero attached hydrogens (tertiary/aromatic N) is 7. The average Bonchev–Trinajstić information content (AvgIpc) is 3.29. The molecule has 0 amide bonds. The highest BCUT2D eigenvalue weighted by Crippen LogP contribution is 2.29. The Morgan fingerprint density at radius 2 is 2.00 bits per heavy atom. The van der Waals surface area contributed by atoms with Crippen LogP contribution >= 0.6 is 15.9 Å². The van der Waals surface area contributed by atoms with Crippen molar-refractivity contribution in [3.8, 4) is 11.4 Å². The Kier molecular flexibility index (Phi) is 4.06. The minimum atomic E-state index is -0.398. The lowest BCUT2D eigenvalue weighted by Crippen LogP contribution is -2.11. The van der Waals surface area contributed by atoms with Crippen LogP contribution in [0.25, 0.3) is 27.9 Å². The van der Waals surface area contributed by atoms with Crippen molar-refractivity contribution in [2.24, 2.45) is 7.05 Å². The van der Waals surface area contributed by atoms with E-state index in [1.165, 1.54) is 6.20 Å². The lowest BCUT2D eigenvalue weighted by molar-refractivity contribution is 0.768. The van der Waals surface area contributed by atoms with Gasteiger partial charge in [-0.15, -0.1) is 5.10 Å². The average molecular weight is 449 g/mol. The van der Waals surface area contributed by atoms with Gasteiger partial charge in [-0.2, -0.15) is 9.61 Å². The maximum absolute atomic E-state index is 12.3. The molecule has 0 saturated heterocycles. The number of fused-ring (bicyclic) bond motifs is 3. The predicted octanol–water partition coefficient (Wildman–Crippen LogP) is 2.94. The molecule has 0 radical (unpaired) electrons. The lowest BCUT2D eigenvalue weighted by atomic mass is 10.2. The molecule has 0 saturated carbocycles. The molecule has 1 N–H and O–H groups in total. The highest BCUT2D eigenvalue weighted by atomic mass is 79.9. The Labute approximate surface area is 172 Å². The van der Waals surface area contributed by atoms with E-state index in [0.29, 0.717) is 22.9 Å². The van der Waals surface area contributed by atoms with Crippen LogP contribution in [-0.4, -0.2) is 34.3 Å². The molecule has 4 heterocycles. The first kappa shape index (κ1) is 17.4. The molecule has 0 unspecified atom stereocenters. The van der Waals surface area contributed by atoms with Crippen molar-refractivity contribution in [3.05, 3.63) is 69.8 Å². The number of benzene rings is 1. The number of para-hydroxylation sites is 1. The van der Waals surface area contributed by atoms with Crippen LogP contribution in [0.5, 0.6) is 0 Å². The van der Waals surface area contributed by atoms with E-state index in [9.17, 15) is 4.79 Å². The number of aryl methyl sites for hydroxylation is 1. The quantitative estimate of drug-likeness (QED) is 0.452. The third-order valence-corrected chi connectivity index (χ3v) is 4.98. The van der Waals surface area contributed by atoms with Crippen LogP contribution in [0.15, 0.2) is 64.3 Å². The molecule has 29 heavy (non-hydrogen) atoms. The summed E-state index contributed by atoms with van der Waals surface area (Å²) < 4.78 is 4.08. The van der Waals surface area contributed by atoms with E-state index < -0.39 is 5.56 Å². The fourth-order valence-electron chi connectivity index (χ4n) is 3.01. The van der Waals surface area contributed by atoms with Crippen LogP contribution in [0.4, 0.5) is 11.6 Å². The second-order valence-corrected chi connectivity index (χ2v) is 7.17. The van der Waals surface area contributed by atoms with Crippen LogP contribution in [0.3, 0.4) is 0 Å². The molecule has 0 aliphatic rings. The molecule has 10 heteroatoms. The smallest absolute Gasteiger partial charge is 0.293 e. The third kappa shape index (κ3) is 3.03. The molecular weight excluding hydrogens is 436 g/mol. The number of aromatic nitrogens is 7. The molecule has 0 spiro atoms. The normalized spacial score (nSPS) is 11.2. The maximum atomic E-state index is 12.3. The fraction of sp³-hybridized carbons (Fsp3) is 0.0526. The standard InChI is InChI=1S/C19H13BrN8O/c1-27-10-11(9-22-27)16-25-17-12-5-4-6-13(20)15(12)24-19(28(17)26-16)23-14-7-2-3-8-21-18(14)29/h2-10H,1H3,(H,21,23,24,29). The molecular formula is C19H13BrN8O. The largest absolute Gasteiger partial charge is 0.319 e. The molecule has 0 aliphatic carbocycles. The van der Waals surface area contributed by atoms with Crippen molar-refractivity contribution in [2.45, 2.75) is 0 Å². The first-order valence-corrected chi connectivity index (χ1v) is 9.46. The number of hydrogen-bond acceptors (Lipinski definition) is 7. The van der Waals surface area contributed by atoms with Crippen LogP contribution < -0.4 is 10.9 Å². The summed E-state index contributed by atoms with van der Waals surface area (Å²) in [7, 11) is 1.83. The maximum Gasteiger partial charge on any atom is 0.293 e. The van der Waals surface area contributed by atoms with Crippen molar-refractivity contribution in [3.63, 3.8) is 0 Å². The SMILES string of the molecule is Cn1cc(-c2nc3c4cccc(Br)c4nc(Nc4ccccnc4=O)n3n2)cn1. The van der Waals surface area contributed by atoms with Gasteiger partial charge in [-0.05, 0) is 40.2 Å². The van der Waals surface area contributed by atoms with Gasteiger partial charge in [-0.25, -0.2) is 15.0 Å². The fourth-order valence-corrected chi connectivity index (χ4v) is 3.46.